The third kappa shape index (κ3) is 14.6. The zero-order valence-electron chi connectivity index (χ0n) is 51.4. The number of likely N-dealkylation sites (N-methyl/N-ethyl adjacent to an activating group) is 2. The summed E-state index contributed by atoms with van der Waals surface area (Å²) in [5.74, 6) is -1.50. The Hall–Kier alpha value is -7.07. The van der Waals surface area contributed by atoms with E-state index in [0.717, 1.165) is 46.6 Å². The number of para-hydroxylation sites is 2. The number of hydrogen-bond donors (Lipinski definition) is 3. The minimum Gasteiger partial charge on any atom is -0.493 e. The van der Waals surface area contributed by atoms with E-state index in [4.69, 9.17) is 14.2 Å². The molecule has 4 heterocycles. The number of rotatable bonds is 25. The molecule has 464 valence electrons. The number of anilines is 5. The molecule has 4 aliphatic heterocycles. The Kier molecular flexibility index (Phi) is 19.8. The highest BCUT2D eigenvalue weighted by atomic mass is 33.1. The number of carbonyl (C=O) groups excluding carboxylic acids is 6. The lowest BCUT2D eigenvalue weighted by Gasteiger charge is -2.27. The van der Waals surface area contributed by atoms with Crippen molar-refractivity contribution < 1.29 is 55.9 Å². The number of amides is 4. The van der Waals surface area contributed by atoms with Crippen molar-refractivity contribution in [2.24, 2.45) is 11.8 Å². The molecule has 9 rings (SSSR count). The van der Waals surface area contributed by atoms with Gasteiger partial charge in [0.25, 0.3) is 21.9 Å². The van der Waals surface area contributed by atoms with Crippen molar-refractivity contribution in [3.05, 3.63) is 130 Å². The molecule has 0 bridgehead atoms. The minimum atomic E-state index is -4.55. The van der Waals surface area contributed by atoms with Crippen LogP contribution in [0, 0.1) is 18.8 Å². The second-order valence-electron chi connectivity index (χ2n) is 24.5. The number of ether oxygens (including phenoxy) is 3. The molecule has 2 unspecified atom stereocenters. The molecule has 0 aromatic heterocycles. The maximum absolute atomic E-state index is 14.4. The molecule has 87 heavy (non-hydrogen) atoms. The summed E-state index contributed by atoms with van der Waals surface area (Å²) in [6.07, 6.45) is 1.80. The highest BCUT2D eigenvalue weighted by molar-refractivity contribution is 8.77. The summed E-state index contributed by atoms with van der Waals surface area (Å²) >= 11 is 0. The molecule has 0 radical (unpaired) electrons. The SMILES string of the molecule is CCC(=O)C(CC(C)SSC(C)(C)CCC(=O)N[C@H](C(=O)C[C@@H](C)C(=O)Nc1cc(COc2cc3c(cc2C)C(=O)N2c4ccccc4C[C@H]2CN3C)cc(COc2cc3c(cc2OC)C(=O)N2c4ccccc4C[C@H]2CN3C)c1)C(C)C)S(=O)(=O)O. The Labute approximate surface area is 518 Å². The fraction of sp³-hybridized carbons (Fsp3) is 0.455. The fourth-order valence-electron chi connectivity index (χ4n) is 12.1. The number of nitrogens with zero attached hydrogens (tertiary/aromatic N) is 4. The molecule has 0 saturated carbocycles. The maximum Gasteiger partial charge on any atom is 0.275 e. The van der Waals surface area contributed by atoms with E-state index < -0.39 is 43.8 Å². The van der Waals surface area contributed by atoms with Crippen LogP contribution in [0.3, 0.4) is 0 Å². The summed E-state index contributed by atoms with van der Waals surface area (Å²) in [7, 11) is 3.77. The zero-order chi connectivity index (χ0) is 62.8. The van der Waals surface area contributed by atoms with E-state index in [9.17, 15) is 41.7 Å². The van der Waals surface area contributed by atoms with Crippen molar-refractivity contribution in [3.8, 4) is 17.2 Å². The van der Waals surface area contributed by atoms with Crippen LogP contribution in [0.15, 0.2) is 91.0 Å². The van der Waals surface area contributed by atoms with Gasteiger partial charge in [-0.2, -0.15) is 8.42 Å². The Morgan fingerprint density at radius 2 is 1.28 bits per heavy atom. The van der Waals surface area contributed by atoms with Gasteiger partial charge in [0.15, 0.2) is 23.1 Å². The average molecular weight is 1250 g/mol. The number of methoxy groups -OCH3 is 1. The van der Waals surface area contributed by atoms with Gasteiger partial charge in [-0.15, -0.1) is 0 Å². The molecule has 3 N–H and O–H groups in total. The molecule has 0 aliphatic carbocycles. The number of Topliss-reactive ketones (excluding diaryl/α,β-unsaturated/α-hetero) is 2. The van der Waals surface area contributed by atoms with E-state index in [1.165, 1.54) is 28.7 Å². The summed E-state index contributed by atoms with van der Waals surface area (Å²) in [6, 6.07) is 28.0. The molecule has 0 fully saturated rings. The highest BCUT2D eigenvalue weighted by Gasteiger charge is 2.41. The third-order valence-electron chi connectivity index (χ3n) is 16.8. The Morgan fingerprint density at radius 1 is 0.736 bits per heavy atom. The van der Waals surface area contributed by atoms with E-state index in [1.54, 1.807) is 32.9 Å². The molecule has 21 heteroatoms. The lowest BCUT2D eigenvalue weighted by atomic mass is 9.92. The molecule has 5 aromatic carbocycles. The average Bonchev–Trinajstić information content (AvgIpc) is 1.69. The van der Waals surface area contributed by atoms with Crippen molar-refractivity contribution >= 4 is 95.3 Å². The van der Waals surface area contributed by atoms with E-state index in [-0.39, 0.29) is 85.7 Å². The van der Waals surface area contributed by atoms with Crippen molar-refractivity contribution in [1.82, 2.24) is 5.32 Å². The van der Waals surface area contributed by atoms with E-state index in [0.29, 0.717) is 70.4 Å². The van der Waals surface area contributed by atoms with Crippen molar-refractivity contribution in [1.29, 1.82) is 0 Å². The number of ketones is 2. The summed E-state index contributed by atoms with van der Waals surface area (Å²) in [5, 5.41) is 4.17. The second kappa shape index (κ2) is 26.7. The maximum atomic E-state index is 14.4. The monoisotopic (exact) mass is 1240 g/mol. The van der Waals surface area contributed by atoms with Gasteiger partial charge in [0.1, 0.15) is 24.2 Å². The normalized spacial score (nSPS) is 17.6. The number of nitrogens with one attached hydrogen (secondary N) is 2. The molecule has 0 spiro atoms. The number of benzene rings is 5. The van der Waals surface area contributed by atoms with Gasteiger partial charge in [0.2, 0.25) is 11.8 Å². The minimum absolute atomic E-state index is 0.0141. The topological polar surface area (TPSA) is 221 Å². The van der Waals surface area contributed by atoms with Crippen LogP contribution in [0.5, 0.6) is 17.2 Å². The van der Waals surface area contributed by atoms with E-state index in [2.05, 4.69) is 32.6 Å². The van der Waals surface area contributed by atoms with Crippen LogP contribution in [-0.2, 0) is 55.4 Å². The predicted molar refractivity (Wildman–Crippen MR) is 345 cm³/mol. The lowest BCUT2D eigenvalue weighted by molar-refractivity contribution is -0.131. The highest BCUT2D eigenvalue weighted by Crippen LogP contribution is 2.45. The number of carbonyl (C=O) groups is 6. The smallest absolute Gasteiger partial charge is 0.275 e. The molecule has 18 nitrogen and oxygen atoms in total. The summed E-state index contributed by atoms with van der Waals surface area (Å²) in [5.41, 5.74) is 9.24. The number of hydrogen-bond acceptors (Lipinski definition) is 15. The molecule has 0 saturated heterocycles. The third-order valence-corrected chi connectivity index (χ3v) is 21.9. The van der Waals surface area contributed by atoms with Crippen molar-refractivity contribution in [2.45, 2.75) is 147 Å². The lowest BCUT2D eigenvalue weighted by Crippen LogP contribution is -2.45. The van der Waals surface area contributed by atoms with Gasteiger partial charge >= 0.3 is 0 Å². The van der Waals surface area contributed by atoms with Crippen LogP contribution in [0.2, 0.25) is 0 Å². The van der Waals surface area contributed by atoms with Gasteiger partial charge in [0, 0.05) is 91.6 Å². The van der Waals surface area contributed by atoms with Gasteiger partial charge in [-0.25, -0.2) is 0 Å². The Balaban J connectivity index is 0.900. The van der Waals surface area contributed by atoms with Crippen LogP contribution in [0.25, 0.3) is 0 Å². The summed E-state index contributed by atoms with van der Waals surface area (Å²) in [6.45, 7) is 15.8. The first kappa shape index (κ1) is 64.4. The molecule has 4 aliphatic rings. The largest absolute Gasteiger partial charge is 0.493 e. The van der Waals surface area contributed by atoms with Crippen LogP contribution >= 0.6 is 21.6 Å². The molecule has 6 atom stereocenters. The Bertz CT molecular complexity index is 3590. The van der Waals surface area contributed by atoms with Gasteiger partial charge in [-0.05, 0) is 123 Å². The molecular formula is C66H80N6O12S3. The van der Waals surface area contributed by atoms with Crippen LogP contribution < -0.4 is 44.4 Å². The fourth-order valence-corrected chi connectivity index (χ4v) is 15.9. The van der Waals surface area contributed by atoms with Crippen molar-refractivity contribution in [2.75, 3.05) is 59.2 Å². The van der Waals surface area contributed by atoms with Gasteiger partial charge in [-0.3, -0.25) is 33.3 Å². The van der Waals surface area contributed by atoms with Gasteiger partial charge < -0.3 is 44.4 Å². The van der Waals surface area contributed by atoms with Crippen molar-refractivity contribution in [3.63, 3.8) is 0 Å². The first-order valence-corrected chi connectivity index (χ1v) is 33.4. The Morgan fingerprint density at radius 3 is 1.82 bits per heavy atom. The van der Waals surface area contributed by atoms with E-state index >= 15 is 0 Å². The van der Waals surface area contributed by atoms with E-state index in [1.807, 2.05) is 125 Å². The van der Waals surface area contributed by atoms with Crippen LogP contribution in [0.4, 0.5) is 28.4 Å². The zero-order valence-corrected chi connectivity index (χ0v) is 53.9. The predicted octanol–water partition coefficient (Wildman–Crippen LogP) is 10.8. The van der Waals surface area contributed by atoms with Crippen LogP contribution in [-0.4, -0.2) is 116 Å². The number of fused-ring (bicyclic) bond motifs is 8. The first-order chi connectivity index (χ1) is 41.2. The van der Waals surface area contributed by atoms with Gasteiger partial charge in [-0.1, -0.05) is 92.6 Å². The molecular weight excluding hydrogens is 1160 g/mol. The molecule has 5 aromatic rings. The molecule has 4 amide bonds. The standard InChI is InChI=1S/C66H80N6O12S3/c1-12-55(73)60(87(79,80)81)25-41(6)85-86-66(7,8)22-21-61(75)68-62(38(2)3)56(74)24-40(5)63(76)67-46-27-42(36-83-57-32-53-49(23-39(57)4)64(77)71-47(34-69(53)9)29-44-17-13-15-19-51(44)71)26-43(28-46)37-84-59-33-54-50(31-58(59)82-11)65(78)72-48(35-70(54)10)30-45-18-14-16-20-52(45)72/h13-20,23,26-28,31-33,38,40-41,47-48,60,62H,12,21-22,24-25,29-30,34-37H2,1-11H3,(H,67,76)(H,68,75)(H,79,80,81)/t40-,41?,47+,48+,60?,62+/m1/s1. The first-order valence-electron chi connectivity index (χ1n) is 29.7. The summed E-state index contributed by atoms with van der Waals surface area (Å²) in [4.78, 5) is 90.7. The number of aryl methyl sites for hydroxylation is 1. The van der Waals surface area contributed by atoms with Crippen LogP contribution in [0.1, 0.15) is 129 Å². The van der Waals surface area contributed by atoms with Gasteiger partial charge in [0.05, 0.1) is 47.7 Å². The quantitative estimate of drug-likeness (QED) is 0.0365. The second-order valence-corrected chi connectivity index (χ2v) is 29.5. The summed E-state index contributed by atoms with van der Waals surface area (Å²) < 4.78 is 52.2.